The molecule has 3 nitrogen and oxygen atoms in total. The maximum Gasteiger partial charge on any atom is 0.203 e. The Hall–Kier alpha value is -0.990. The van der Waals surface area contributed by atoms with Crippen LogP contribution in [0, 0.1) is 12.8 Å². The molecule has 1 N–H and O–H groups in total. The van der Waals surface area contributed by atoms with E-state index in [9.17, 15) is 0 Å². The molecule has 3 heteroatoms. The second-order valence-electron chi connectivity index (χ2n) is 4.72. The molecule has 0 amide bonds. The zero-order chi connectivity index (χ0) is 10.8. The summed E-state index contributed by atoms with van der Waals surface area (Å²) in [5.74, 6) is 1.92. The lowest BCUT2D eigenvalue weighted by Gasteiger charge is -2.15. The lowest BCUT2D eigenvalue weighted by Crippen LogP contribution is -2.10. The van der Waals surface area contributed by atoms with Crippen LogP contribution in [0.1, 0.15) is 44.8 Å². The zero-order valence-electron chi connectivity index (χ0n) is 9.95. The van der Waals surface area contributed by atoms with Crippen molar-refractivity contribution in [2.24, 2.45) is 5.92 Å². The summed E-state index contributed by atoms with van der Waals surface area (Å²) in [6.07, 6.45) is 6.14. The smallest absolute Gasteiger partial charge is 0.203 e. The van der Waals surface area contributed by atoms with Gasteiger partial charge in [0.15, 0.2) is 0 Å². The predicted molar refractivity (Wildman–Crippen MR) is 63.2 cm³/mol. The van der Waals surface area contributed by atoms with Crippen molar-refractivity contribution in [2.75, 3.05) is 11.9 Å². The maximum atomic E-state index is 4.52. The summed E-state index contributed by atoms with van der Waals surface area (Å²) in [7, 11) is 0. The highest BCUT2D eigenvalue weighted by Gasteiger charge is 2.24. The molecule has 1 aromatic rings. The summed E-state index contributed by atoms with van der Waals surface area (Å²) in [4.78, 5) is 4.52. The molecule has 0 bridgehead atoms. The molecule has 2 atom stereocenters. The van der Waals surface area contributed by atoms with Crippen LogP contribution in [0.4, 0.5) is 5.95 Å². The van der Waals surface area contributed by atoms with Gasteiger partial charge in [0.05, 0.1) is 5.69 Å². The van der Waals surface area contributed by atoms with Gasteiger partial charge in [-0.05, 0) is 39.0 Å². The molecule has 1 saturated carbocycles. The molecule has 0 radical (unpaired) electrons. The van der Waals surface area contributed by atoms with E-state index in [-0.39, 0.29) is 0 Å². The number of hydrogen-bond acceptors (Lipinski definition) is 2. The number of aromatic nitrogens is 2. The van der Waals surface area contributed by atoms with Gasteiger partial charge in [0.2, 0.25) is 5.95 Å². The van der Waals surface area contributed by atoms with Gasteiger partial charge in [-0.3, -0.25) is 0 Å². The summed E-state index contributed by atoms with van der Waals surface area (Å²) >= 11 is 0. The lowest BCUT2D eigenvalue weighted by atomic mass is 10.1. The van der Waals surface area contributed by atoms with Gasteiger partial charge in [0, 0.05) is 18.8 Å². The Labute approximate surface area is 91.9 Å². The van der Waals surface area contributed by atoms with Crippen LogP contribution in [0.3, 0.4) is 0 Å². The van der Waals surface area contributed by atoms with E-state index in [4.69, 9.17) is 0 Å². The number of nitrogens with one attached hydrogen (secondary N) is 1. The molecule has 2 unspecified atom stereocenters. The van der Waals surface area contributed by atoms with Crippen molar-refractivity contribution >= 4 is 5.95 Å². The van der Waals surface area contributed by atoms with Gasteiger partial charge >= 0.3 is 0 Å². The van der Waals surface area contributed by atoms with E-state index >= 15 is 0 Å². The molecule has 1 aliphatic carbocycles. The summed E-state index contributed by atoms with van der Waals surface area (Å²) < 4.78 is 2.34. The average Bonchev–Trinajstić information content (AvgIpc) is 2.73. The van der Waals surface area contributed by atoms with Crippen molar-refractivity contribution < 1.29 is 0 Å². The molecule has 2 rings (SSSR count). The number of imidazole rings is 1. The van der Waals surface area contributed by atoms with Gasteiger partial charge in [0.1, 0.15) is 0 Å². The predicted octanol–water partition coefficient (Wildman–Crippen LogP) is 2.98. The van der Waals surface area contributed by atoms with Gasteiger partial charge in [-0.1, -0.05) is 6.92 Å². The van der Waals surface area contributed by atoms with Crippen LogP contribution >= 0.6 is 0 Å². The monoisotopic (exact) mass is 207 g/mol. The van der Waals surface area contributed by atoms with E-state index in [0.29, 0.717) is 6.04 Å². The summed E-state index contributed by atoms with van der Waals surface area (Å²) in [6.45, 7) is 7.47. The third-order valence-corrected chi connectivity index (χ3v) is 3.25. The third kappa shape index (κ3) is 2.16. The fraction of sp³-hybridized carbons (Fsp3) is 0.750. The Balaban J connectivity index is 2.18. The summed E-state index contributed by atoms with van der Waals surface area (Å²) in [5.41, 5.74) is 1.12. The number of aryl methyl sites for hydroxylation is 1. The highest BCUT2D eigenvalue weighted by atomic mass is 15.2. The van der Waals surface area contributed by atoms with E-state index in [1.807, 2.05) is 0 Å². The molecule has 0 aliphatic heterocycles. The molecule has 15 heavy (non-hydrogen) atoms. The quantitative estimate of drug-likeness (QED) is 0.825. The average molecular weight is 207 g/mol. The Kier molecular flexibility index (Phi) is 2.98. The normalized spacial score (nSPS) is 25.8. The number of anilines is 1. The largest absolute Gasteiger partial charge is 0.356 e. The fourth-order valence-corrected chi connectivity index (χ4v) is 2.51. The standard InChI is InChI=1S/C12H21N3/c1-4-13-12-14-10(3)8-15(12)11-6-5-9(2)7-11/h8-9,11H,4-7H2,1-3H3,(H,13,14). The van der Waals surface area contributed by atoms with Gasteiger partial charge in [-0.25, -0.2) is 4.98 Å². The number of hydrogen-bond donors (Lipinski definition) is 1. The first-order chi connectivity index (χ1) is 7.20. The fourth-order valence-electron chi connectivity index (χ4n) is 2.51. The number of rotatable bonds is 3. The van der Waals surface area contributed by atoms with E-state index in [0.717, 1.165) is 24.1 Å². The van der Waals surface area contributed by atoms with Crippen molar-refractivity contribution in [2.45, 2.75) is 46.1 Å². The van der Waals surface area contributed by atoms with Crippen molar-refractivity contribution in [3.63, 3.8) is 0 Å². The lowest BCUT2D eigenvalue weighted by molar-refractivity contribution is 0.497. The summed E-state index contributed by atoms with van der Waals surface area (Å²) in [5, 5.41) is 3.34. The molecular weight excluding hydrogens is 186 g/mol. The molecule has 1 fully saturated rings. The minimum absolute atomic E-state index is 0.662. The van der Waals surface area contributed by atoms with Crippen LogP contribution in [0.5, 0.6) is 0 Å². The van der Waals surface area contributed by atoms with Gasteiger partial charge < -0.3 is 9.88 Å². The Morgan fingerprint density at radius 2 is 2.33 bits per heavy atom. The third-order valence-electron chi connectivity index (χ3n) is 3.25. The van der Waals surface area contributed by atoms with Crippen molar-refractivity contribution in [3.8, 4) is 0 Å². The molecule has 84 valence electrons. The highest BCUT2D eigenvalue weighted by molar-refractivity contribution is 5.29. The molecule has 0 saturated heterocycles. The zero-order valence-corrected chi connectivity index (χ0v) is 9.95. The van der Waals surface area contributed by atoms with E-state index in [1.54, 1.807) is 0 Å². The first kappa shape index (κ1) is 10.5. The second-order valence-corrected chi connectivity index (χ2v) is 4.72. The highest BCUT2D eigenvalue weighted by Crippen LogP contribution is 2.35. The maximum absolute atomic E-state index is 4.52. The van der Waals surface area contributed by atoms with Crippen molar-refractivity contribution in [1.29, 1.82) is 0 Å². The summed E-state index contributed by atoms with van der Waals surface area (Å²) in [6, 6.07) is 0.662. The first-order valence-corrected chi connectivity index (χ1v) is 6.00. The van der Waals surface area contributed by atoms with Crippen LogP contribution < -0.4 is 5.32 Å². The van der Waals surface area contributed by atoms with Gasteiger partial charge in [-0.15, -0.1) is 0 Å². The SMILES string of the molecule is CCNc1nc(C)cn1C1CCC(C)C1. The molecule has 1 aliphatic rings. The Morgan fingerprint density at radius 3 is 2.93 bits per heavy atom. The topological polar surface area (TPSA) is 29.9 Å². The van der Waals surface area contributed by atoms with Gasteiger partial charge in [-0.2, -0.15) is 0 Å². The van der Waals surface area contributed by atoms with E-state index < -0.39 is 0 Å². The molecule has 1 heterocycles. The molecule has 1 aromatic heterocycles. The van der Waals surface area contributed by atoms with Crippen LogP contribution in [0.15, 0.2) is 6.20 Å². The minimum Gasteiger partial charge on any atom is -0.356 e. The van der Waals surface area contributed by atoms with E-state index in [2.05, 4.69) is 41.8 Å². The van der Waals surface area contributed by atoms with E-state index in [1.165, 1.54) is 19.3 Å². The Bertz CT molecular complexity index is 330. The first-order valence-electron chi connectivity index (χ1n) is 6.00. The molecule has 0 spiro atoms. The molecular formula is C12H21N3. The van der Waals surface area contributed by atoms with Crippen LogP contribution in [0.25, 0.3) is 0 Å². The van der Waals surface area contributed by atoms with Crippen LogP contribution in [-0.2, 0) is 0 Å². The van der Waals surface area contributed by atoms with Gasteiger partial charge in [0.25, 0.3) is 0 Å². The Morgan fingerprint density at radius 1 is 1.53 bits per heavy atom. The van der Waals surface area contributed by atoms with Crippen molar-refractivity contribution in [1.82, 2.24) is 9.55 Å². The van der Waals surface area contributed by atoms with Crippen LogP contribution in [0.2, 0.25) is 0 Å². The van der Waals surface area contributed by atoms with Crippen molar-refractivity contribution in [3.05, 3.63) is 11.9 Å². The number of nitrogens with zero attached hydrogens (tertiary/aromatic N) is 2. The molecule has 0 aromatic carbocycles. The minimum atomic E-state index is 0.662. The van der Waals surface area contributed by atoms with Crippen LogP contribution in [-0.4, -0.2) is 16.1 Å². The second kappa shape index (κ2) is 4.25.